The molecule has 8 heteroatoms. The third kappa shape index (κ3) is 2.08. The van der Waals surface area contributed by atoms with Crippen LogP contribution in [0.4, 0.5) is 11.4 Å². The van der Waals surface area contributed by atoms with E-state index >= 15 is 0 Å². The van der Waals surface area contributed by atoms with Gasteiger partial charge in [-0.25, -0.2) is 4.90 Å². The molecule has 4 aliphatic rings. The van der Waals surface area contributed by atoms with Crippen LogP contribution in [0.2, 0.25) is 5.02 Å². The van der Waals surface area contributed by atoms with E-state index in [2.05, 4.69) is 0 Å². The first-order valence-electron chi connectivity index (χ1n) is 8.83. The van der Waals surface area contributed by atoms with Crippen molar-refractivity contribution in [2.45, 2.75) is 18.3 Å². The standard InChI is InChI=1S/C20H13ClN2O5/c21-13-6-5-9(7-14(13)23(27)28)22-19(25)17-12-8-15(24)16(18(17)20(22)26)11-4-2-1-3-10(11)12/h1-7,12,16-18H,8H2/t12-,16-,17-,18-/m1/s1. The number of nitro benzene ring substituents is 1. The number of carbonyl (C=O) groups is 3. The molecule has 1 saturated heterocycles. The Kier molecular flexibility index (Phi) is 3.49. The summed E-state index contributed by atoms with van der Waals surface area (Å²) < 4.78 is 0. The number of halogens is 1. The van der Waals surface area contributed by atoms with E-state index in [0.29, 0.717) is 0 Å². The third-order valence-corrected chi connectivity index (χ3v) is 6.39. The van der Waals surface area contributed by atoms with Crippen molar-refractivity contribution in [1.82, 2.24) is 0 Å². The van der Waals surface area contributed by atoms with Crippen molar-refractivity contribution in [3.8, 4) is 0 Å². The minimum atomic E-state index is -0.761. The van der Waals surface area contributed by atoms with Crippen molar-refractivity contribution >= 4 is 40.6 Å². The Morgan fingerprint density at radius 3 is 2.39 bits per heavy atom. The number of Topliss-reactive ketones (excluding diaryl/α,β-unsaturated/α-hetero) is 1. The number of ketones is 1. The molecule has 2 aromatic carbocycles. The molecule has 140 valence electrons. The maximum absolute atomic E-state index is 13.2. The molecule has 2 aromatic rings. The summed E-state index contributed by atoms with van der Waals surface area (Å²) in [5, 5.41) is 11.1. The molecule has 7 nitrogen and oxygen atoms in total. The Morgan fingerprint density at radius 2 is 1.68 bits per heavy atom. The van der Waals surface area contributed by atoms with Gasteiger partial charge in [0.05, 0.1) is 28.4 Å². The highest BCUT2D eigenvalue weighted by molar-refractivity contribution is 6.33. The molecule has 3 aliphatic carbocycles. The van der Waals surface area contributed by atoms with Crippen LogP contribution in [0, 0.1) is 22.0 Å². The topological polar surface area (TPSA) is 97.6 Å². The van der Waals surface area contributed by atoms with Gasteiger partial charge >= 0.3 is 0 Å². The number of fused-ring (bicyclic) bond motifs is 1. The quantitative estimate of drug-likeness (QED) is 0.441. The van der Waals surface area contributed by atoms with Crippen molar-refractivity contribution in [3.63, 3.8) is 0 Å². The van der Waals surface area contributed by atoms with Crippen LogP contribution in [0.25, 0.3) is 0 Å². The van der Waals surface area contributed by atoms with E-state index in [1.54, 1.807) is 0 Å². The molecule has 0 spiro atoms. The fraction of sp³-hybridized carbons (Fsp3) is 0.250. The first-order valence-corrected chi connectivity index (χ1v) is 9.21. The number of rotatable bonds is 2. The third-order valence-electron chi connectivity index (χ3n) is 6.07. The Labute approximate surface area is 164 Å². The summed E-state index contributed by atoms with van der Waals surface area (Å²) in [5.74, 6) is -3.30. The molecule has 0 N–H and O–H groups in total. The van der Waals surface area contributed by atoms with Gasteiger partial charge in [0.25, 0.3) is 5.69 Å². The number of hydrogen-bond acceptors (Lipinski definition) is 5. The number of anilines is 1. The van der Waals surface area contributed by atoms with Crippen LogP contribution in [0.15, 0.2) is 42.5 Å². The average Bonchev–Trinajstić information content (AvgIpc) is 2.94. The van der Waals surface area contributed by atoms with E-state index in [1.165, 1.54) is 12.1 Å². The number of hydrogen-bond donors (Lipinski definition) is 0. The average molecular weight is 397 g/mol. The van der Waals surface area contributed by atoms with E-state index in [0.717, 1.165) is 22.1 Å². The van der Waals surface area contributed by atoms with Crippen LogP contribution in [0.3, 0.4) is 0 Å². The van der Waals surface area contributed by atoms with Gasteiger partial charge in [-0.3, -0.25) is 24.5 Å². The Hall–Kier alpha value is -3.06. The molecule has 1 heterocycles. The maximum atomic E-state index is 13.2. The van der Waals surface area contributed by atoms with Crippen molar-refractivity contribution in [2.75, 3.05) is 4.90 Å². The molecule has 28 heavy (non-hydrogen) atoms. The van der Waals surface area contributed by atoms with E-state index in [4.69, 9.17) is 11.6 Å². The van der Waals surface area contributed by atoms with E-state index in [-0.39, 0.29) is 34.5 Å². The first-order chi connectivity index (χ1) is 13.4. The summed E-state index contributed by atoms with van der Waals surface area (Å²) in [7, 11) is 0. The van der Waals surface area contributed by atoms with Crippen LogP contribution in [-0.4, -0.2) is 22.5 Å². The lowest BCUT2D eigenvalue weighted by atomic mass is 9.56. The Balaban J connectivity index is 1.63. The summed E-state index contributed by atoms with van der Waals surface area (Å²) in [6.45, 7) is 0. The fourth-order valence-corrected chi connectivity index (χ4v) is 5.18. The van der Waals surface area contributed by atoms with Crippen molar-refractivity contribution in [2.24, 2.45) is 11.8 Å². The molecule has 1 saturated carbocycles. The second-order valence-electron chi connectivity index (χ2n) is 7.34. The zero-order valence-corrected chi connectivity index (χ0v) is 15.1. The number of carbonyl (C=O) groups excluding carboxylic acids is 3. The largest absolute Gasteiger partial charge is 0.299 e. The molecule has 1 aliphatic heterocycles. The fourth-order valence-electron chi connectivity index (χ4n) is 4.99. The predicted molar refractivity (Wildman–Crippen MR) is 99.1 cm³/mol. The summed E-state index contributed by atoms with van der Waals surface area (Å²) in [5.41, 5.74) is 1.49. The first kappa shape index (κ1) is 17.1. The summed E-state index contributed by atoms with van der Waals surface area (Å²) in [4.78, 5) is 50.6. The van der Waals surface area contributed by atoms with Gasteiger partial charge in [-0.1, -0.05) is 35.9 Å². The van der Waals surface area contributed by atoms with Gasteiger partial charge < -0.3 is 0 Å². The number of imide groups is 1. The van der Waals surface area contributed by atoms with E-state index in [1.807, 2.05) is 24.3 Å². The van der Waals surface area contributed by atoms with Gasteiger partial charge in [-0.05, 0) is 23.3 Å². The minimum Gasteiger partial charge on any atom is -0.299 e. The molecule has 0 aromatic heterocycles. The van der Waals surface area contributed by atoms with E-state index in [9.17, 15) is 24.5 Å². The SMILES string of the molecule is O=C1C[C@@H]2c3ccccc3[C@H]1[C@H]1C(=O)N(c3ccc(Cl)c([N+](=O)[O-])c3)C(=O)[C@@H]12. The van der Waals surface area contributed by atoms with Crippen LogP contribution in [0.1, 0.15) is 29.4 Å². The molecule has 4 atom stereocenters. The lowest BCUT2D eigenvalue weighted by Crippen LogP contribution is -2.44. The molecule has 2 bridgehead atoms. The molecular weight excluding hydrogens is 384 g/mol. The zero-order chi connectivity index (χ0) is 19.7. The van der Waals surface area contributed by atoms with Crippen molar-refractivity contribution in [3.05, 3.63) is 68.7 Å². The monoisotopic (exact) mass is 396 g/mol. The Morgan fingerprint density at radius 1 is 1.00 bits per heavy atom. The number of benzene rings is 2. The van der Waals surface area contributed by atoms with Gasteiger partial charge in [-0.2, -0.15) is 0 Å². The zero-order valence-electron chi connectivity index (χ0n) is 14.4. The summed E-state index contributed by atoms with van der Waals surface area (Å²) in [6, 6.07) is 11.3. The molecule has 0 unspecified atom stereocenters. The molecule has 6 rings (SSSR count). The highest BCUT2D eigenvalue weighted by atomic mass is 35.5. The van der Waals surface area contributed by atoms with Crippen LogP contribution >= 0.6 is 11.6 Å². The van der Waals surface area contributed by atoms with Crippen molar-refractivity contribution < 1.29 is 19.3 Å². The summed E-state index contributed by atoms with van der Waals surface area (Å²) in [6.07, 6.45) is 0.233. The lowest BCUT2D eigenvalue weighted by Gasteiger charge is -2.43. The summed E-state index contributed by atoms with van der Waals surface area (Å²) >= 11 is 5.85. The molecule has 2 amide bonds. The number of nitro groups is 1. The van der Waals surface area contributed by atoms with Crippen LogP contribution in [0.5, 0.6) is 0 Å². The number of amides is 2. The Bertz CT molecular complexity index is 1100. The van der Waals surface area contributed by atoms with Gasteiger partial charge in [-0.15, -0.1) is 0 Å². The van der Waals surface area contributed by atoms with Gasteiger partial charge in [0.1, 0.15) is 10.8 Å². The van der Waals surface area contributed by atoms with Gasteiger partial charge in [0.15, 0.2) is 0 Å². The van der Waals surface area contributed by atoms with Crippen LogP contribution < -0.4 is 4.90 Å². The highest BCUT2D eigenvalue weighted by Gasteiger charge is 2.62. The second-order valence-corrected chi connectivity index (χ2v) is 7.75. The number of nitrogens with zero attached hydrogens (tertiary/aromatic N) is 2. The molecule has 0 radical (unpaired) electrons. The van der Waals surface area contributed by atoms with Gasteiger partial charge in [0.2, 0.25) is 11.8 Å². The smallest absolute Gasteiger partial charge is 0.289 e. The van der Waals surface area contributed by atoms with Crippen molar-refractivity contribution in [1.29, 1.82) is 0 Å². The lowest BCUT2D eigenvalue weighted by molar-refractivity contribution is -0.384. The molecule has 2 fully saturated rings. The minimum absolute atomic E-state index is 0.0324. The second kappa shape index (κ2) is 5.72. The molecular formula is C20H13ClN2O5. The van der Waals surface area contributed by atoms with Gasteiger partial charge in [0, 0.05) is 18.4 Å². The normalized spacial score (nSPS) is 27.8. The predicted octanol–water partition coefficient (Wildman–Crippen LogP) is 3.21. The highest BCUT2D eigenvalue weighted by Crippen LogP contribution is 2.57. The maximum Gasteiger partial charge on any atom is 0.289 e. The van der Waals surface area contributed by atoms with Crippen LogP contribution in [-0.2, 0) is 14.4 Å². The van der Waals surface area contributed by atoms with E-state index < -0.39 is 34.5 Å².